The molecule has 0 aromatic rings. The van der Waals surface area contributed by atoms with Crippen molar-refractivity contribution in [3.8, 4) is 0 Å². The van der Waals surface area contributed by atoms with E-state index in [1.54, 1.807) is 0 Å². The van der Waals surface area contributed by atoms with Crippen molar-refractivity contribution in [2.45, 2.75) is 403 Å². The number of carbonyl (C=O) groups excluding carboxylic acids is 4. The molecule has 0 aromatic heterocycles. The molecule has 0 bridgehead atoms. The third kappa shape index (κ3) is 25.9. The van der Waals surface area contributed by atoms with Gasteiger partial charge in [-0.15, -0.1) is 0 Å². The van der Waals surface area contributed by atoms with E-state index in [1.807, 2.05) is 0 Å². The van der Waals surface area contributed by atoms with Gasteiger partial charge in [-0.3, -0.25) is 19.2 Å². The van der Waals surface area contributed by atoms with Crippen LogP contribution in [-0.2, 0) is 138 Å². The van der Waals surface area contributed by atoms with Gasteiger partial charge in [0.15, 0.2) is 87.7 Å². The number of aliphatic hydroxyl groups is 31. The minimum atomic E-state index is -2.84. The van der Waals surface area contributed by atoms with Crippen molar-refractivity contribution >= 4 is 35.6 Å². The predicted molar refractivity (Wildman–Crippen MR) is 441 cm³/mol. The molecule has 60 atom stereocenters. The second-order valence-corrected chi connectivity index (χ2v) is 36.7. The molecule has 12 aliphatic heterocycles. The molecule has 37 N–H and O–H groups in total. The van der Waals surface area contributed by atoms with Gasteiger partial charge in [-0.2, -0.15) is 0 Å². The lowest BCUT2D eigenvalue weighted by Gasteiger charge is -2.52. The molecular weight excluding hydrogens is 2010 g/mol. The maximum atomic E-state index is 13.8. The van der Waals surface area contributed by atoms with Crippen LogP contribution >= 0.6 is 0 Å². The molecule has 0 aromatic carbocycles. The highest BCUT2D eigenvalue weighted by Gasteiger charge is 2.65. The summed E-state index contributed by atoms with van der Waals surface area (Å²) in [5, 5.41) is 381. The molecule has 0 spiro atoms. The highest BCUT2D eigenvalue weighted by Crippen LogP contribution is 2.43. The SMILES string of the molecule is CC(=O)N[C@@H]1[C@@H](O)[C@H](O[C@@H]2O[C@H](CO)[C@@H](O[C@@H]3O[C@H](CO[C@H]4O[C@H](CO)[C@@H](O)[C@H](O)[C@@H]4O)[C@@H](O)[C@H](O[C@H]4O[C@H](CO)[C@@H](O[C@@H]5O[C@H](CO)[C@@H](O)[C@H](O[C@@H]6O[C@H](CO)[C@H](O)[C@H](O[C@@H]7O[C@H](C(=O)O)[C@@H](O)[C@H](O)[C@H]7O)[C@H]6O)[C@H]5NC(C)=O)[C@H](O)[C@@H]4O[C@@H]4O[C@H](CO)[C@@H](O)[C@H](O[C@@H]5O[C@H](CO)[C@H](O)[C@H](O[C@@H]6O[C@H](C(=O)O)[C@@H](O)[C@H](O)[C@H]6O)[C@H]5O)[C@H]4NC(C)=O)[C@@H]3O)[C@H](O)[C@H]2NC(C)=O)[C@@H](CO[C@@H]2O[C@@H](C)[C@@H](O)[C@@H](O)[C@@H]2O)O[C@H]1O. The number of rotatable bonds is 37. The van der Waals surface area contributed by atoms with Gasteiger partial charge in [-0.1, -0.05) is 0 Å². The fourth-order valence-electron chi connectivity index (χ4n) is 18.7. The van der Waals surface area contributed by atoms with Crippen LogP contribution in [0.25, 0.3) is 0 Å². The van der Waals surface area contributed by atoms with Gasteiger partial charge >= 0.3 is 11.9 Å². The van der Waals surface area contributed by atoms with Gasteiger partial charge in [0.25, 0.3) is 0 Å². The number of hydrogen-bond donors (Lipinski definition) is 37. The van der Waals surface area contributed by atoms with Gasteiger partial charge in [0.2, 0.25) is 23.6 Å². The third-order valence-electron chi connectivity index (χ3n) is 26.6. The Balaban J connectivity index is 0.923. The number of ether oxygens (including phenoxy) is 23. The van der Waals surface area contributed by atoms with E-state index in [1.165, 1.54) is 6.92 Å². The number of amides is 4. The van der Waals surface area contributed by atoms with E-state index in [0.29, 0.717) is 0 Å². The first kappa shape index (κ1) is 119. The van der Waals surface area contributed by atoms with E-state index in [0.717, 1.165) is 27.7 Å². The van der Waals surface area contributed by atoms with Crippen molar-refractivity contribution in [3.05, 3.63) is 0 Å². The number of aliphatic hydroxyl groups excluding tert-OH is 31. The van der Waals surface area contributed by atoms with Crippen LogP contribution in [0, 0.1) is 0 Å². The first-order chi connectivity index (χ1) is 68.9. The van der Waals surface area contributed by atoms with E-state index in [2.05, 4.69) is 21.3 Å². The summed E-state index contributed by atoms with van der Waals surface area (Å²) >= 11 is 0. The Labute approximate surface area is 822 Å². The van der Waals surface area contributed by atoms with Crippen LogP contribution in [0.5, 0.6) is 0 Å². The summed E-state index contributed by atoms with van der Waals surface area (Å²) in [7, 11) is 0. The zero-order valence-corrected chi connectivity index (χ0v) is 77.6. The summed E-state index contributed by atoms with van der Waals surface area (Å²) in [5.41, 5.74) is 0. The molecule has 12 rings (SSSR count). The molecule has 12 heterocycles. The van der Waals surface area contributed by atoms with Gasteiger partial charge in [-0.25, -0.2) is 9.59 Å². The molecule has 0 saturated carbocycles. The zero-order chi connectivity index (χ0) is 108. The molecule has 66 nitrogen and oxygen atoms in total. The molecule has 12 saturated heterocycles. The lowest BCUT2D eigenvalue weighted by atomic mass is 9.93. The van der Waals surface area contributed by atoms with Crippen molar-refractivity contribution < 1.29 is 306 Å². The minimum Gasteiger partial charge on any atom is -0.479 e. The Morgan fingerprint density at radius 2 is 0.473 bits per heavy atom. The summed E-state index contributed by atoms with van der Waals surface area (Å²) in [4.78, 5) is 77.6. The molecule has 4 amide bonds. The number of carboxylic acids is 2. The lowest BCUT2D eigenvalue weighted by Crippen LogP contribution is -2.72. The van der Waals surface area contributed by atoms with Crippen LogP contribution in [-0.4, -0.2) is 632 Å². The van der Waals surface area contributed by atoms with Crippen LogP contribution in [0.3, 0.4) is 0 Å². The minimum absolute atomic E-state index is 0.794. The molecule has 146 heavy (non-hydrogen) atoms. The largest absolute Gasteiger partial charge is 0.479 e. The first-order valence-corrected chi connectivity index (χ1v) is 46.0. The molecule has 66 heteroatoms. The topological polar surface area (TPSA) is 1030 Å². The van der Waals surface area contributed by atoms with Crippen molar-refractivity contribution in [3.63, 3.8) is 0 Å². The van der Waals surface area contributed by atoms with Crippen LogP contribution in [0.4, 0.5) is 0 Å². The van der Waals surface area contributed by atoms with E-state index >= 15 is 0 Å². The monoisotopic (exact) mass is 2140 g/mol. The fourth-order valence-corrected chi connectivity index (χ4v) is 18.7. The van der Waals surface area contributed by atoms with Gasteiger partial charge in [-0.05, 0) is 6.92 Å². The predicted octanol–water partition coefficient (Wildman–Crippen LogP) is -25.4. The Hall–Kier alpha value is -5.34. The second kappa shape index (κ2) is 51.4. The third-order valence-corrected chi connectivity index (χ3v) is 26.6. The summed E-state index contributed by atoms with van der Waals surface area (Å²) in [6.07, 6.45) is -128. The Morgan fingerprint density at radius 1 is 0.212 bits per heavy atom. The van der Waals surface area contributed by atoms with E-state index in [4.69, 9.17) is 109 Å². The summed E-state index contributed by atoms with van der Waals surface area (Å²) in [5.74, 6) is -8.13. The number of aliphatic carboxylic acids is 2. The van der Waals surface area contributed by atoms with Gasteiger partial charge in [0, 0.05) is 27.7 Å². The molecule has 12 fully saturated rings. The Bertz CT molecular complexity index is 4160. The average molecular weight is 2140 g/mol. The maximum Gasteiger partial charge on any atom is 0.335 e. The number of hydrogen-bond acceptors (Lipinski definition) is 60. The van der Waals surface area contributed by atoms with Crippen molar-refractivity contribution in [2.24, 2.45) is 0 Å². The molecule has 12 aliphatic rings. The van der Waals surface area contributed by atoms with E-state index in [-0.39, 0.29) is 0 Å². The summed E-state index contributed by atoms with van der Waals surface area (Å²) < 4.78 is 137. The summed E-state index contributed by atoms with van der Waals surface area (Å²) in [6.45, 7) is -6.57. The second-order valence-electron chi connectivity index (χ2n) is 36.7. The van der Waals surface area contributed by atoms with Crippen LogP contribution in [0.15, 0.2) is 0 Å². The van der Waals surface area contributed by atoms with E-state index in [9.17, 15) is 197 Å². The van der Waals surface area contributed by atoms with Crippen LogP contribution in [0.2, 0.25) is 0 Å². The van der Waals surface area contributed by atoms with Gasteiger partial charge in [0.05, 0.1) is 65.6 Å². The maximum absolute atomic E-state index is 13.8. The van der Waals surface area contributed by atoms with Gasteiger partial charge < -0.3 is 299 Å². The highest BCUT2D eigenvalue weighted by molar-refractivity contribution is 5.75. The van der Waals surface area contributed by atoms with Crippen molar-refractivity contribution in [1.29, 1.82) is 0 Å². The number of carbonyl (C=O) groups is 6. The van der Waals surface area contributed by atoms with Crippen molar-refractivity contribution in [1.82, 2.24) is 21.3 Å². The summed E-state index contributed by atoms with van der Waals surface area (Å²) in [6, 6.07) is -8.45. The molecule has 0 unspecified atom stereocenters. The van der Waals surface area contributed by atoms with Gasteiger partial charge in [0.1, 0.15) is 274 Å². The average Bonchev–Trinajstić information content (AvgIpc) is 0.752. The Kier molecular flexibility index (Phi) is 42.0. The van der Waals surface area contributed by atoms with Crippen LogP contribution < -0.4 is 21.3 Å². The first-order valence-electron chi connectivity index (χ1n) is 46.0. The quantitative estimate of drug-likeness (QED) is 0.0275. The molecule has 842 valence electrons. The molecular formula is C80H130N4O62. The standard InChI is InChI=1S/C80H130N4O62/c1-15-33(96)42(105)48(111)73(126-15)125-14-28-58(40(103)29(69(123)127-28)81-16(2)92)137-70-30(82-17(3)93)41(104)56(25(11-90)133-70)138-79-55(118)63(39(102)27(135-79)13-124-74-49(112)43(106)34(97)20(6-85)130-74)143-80-66(146-72-32(84-19(5)95)60(36(99)22(8-87)129-72)140-78-54(117)62(38(101)24(10-89)132-78)142-76-51(114)45(108)47(110)65(145-76)68(121)122)52(115)57(26(12-91)134-80)136-71-31(83-18(4)94)59(35(98)21(7-86)128-71)139-77-53(116)61(37(100)23(9-88)131-77)141-75-50(113)44(107)46(109)64(144-75)67(119)120/h15,20-66,69-80,85-91,96-118,123H,6-14H2,1-5H3,(H,81,92)(H,82,93)(H,83,94)(H,84,95)(H,119,120)(H,121,122)/t15-,20+,21+,22+,23+,24+,25+,26+,27+,28+,29+,30+,31+,32+,33+,34+,35+,36+,37-,38-,39+,40+,41+,42+,43-,44-,45-,46-,47-,48-,49-,50+,51+,52-,53+,54+,55-,56+,57+,58+,59+,60+,61-,62-,63-,64-,65-,66-,69+,70-,71-,72-,73+,74-,75+,76+,77-,78-,79-,80+/m0/s1. The Morgan fingerprint density at radius 3 is 0.884 bits per heavy atom. The number of carboxylic acid groups (broad SMARTS) is 2. The van der Waals surface area contributed by atoms with Crippen LogP contribution in [0.1, 0.15) is 34.6 Å². The van der Waals surface area contributed by atoms with Crippen molar-refractivity contribution in [2.75, 3.05) is 59.5 Å². The number of nitrogens with one attached hydrogen (secondary N) is 4. The van der Waals surface area contributed by atoms with E-state index < -0.39 is 463 Å². The molecule has 0 radical (unpaired) electrons. The fraction of sp³-hybridized carbons (Fsp3) is 0.925. The molecule has 0 aliphatic carbocycles. The normalized spacial score (nSPS) is 49.8. The smallest absolute Gasteiger partial charge is 0.335 e. The zero-order valence-electron chi connectivity index (χ0n) is 77.6. The lowest BCUT2D eigenvalue weighted by molar-refractivity contribution is -0.407. The highest BCUT2D eigenvalue weighted by atomic mass is 16.8.